The fourth-order valence-corrected chi connectivity index (χ4v) is 3.91. The lowest BCUT2D eigenvalue weighted by Crippen LogP contribution is -2.49. The Labute approximate surface area is 193 Å². The van der Waals surface area contributed by atoms with Gasteiger partial charge < -0.3 is 19.9 Å². The molecule has 0 spiro atoms. The van der Waals surface area contributed by atoms with Gasteiger partial charge in [0.2, 0.25) is 0 Å². The minimum absolute atomic E-state index is 0.111. The average molecular weight is 477 g/mol. The van der Waals surface area contributed by atoms with Crippen molar-refractivity contribution in [3.05, 3.63) is 53.9 Å². The van der Waals surface area contributed by atoms with Crippen LogP contribution in [-0.4, -0.2) is 72.5 Å². The number of benzene rings is 1. The summed E-state index contributed by atoms with van der Waals surface area (Å²) in [6, 6.07) is 5.59. The quantitative estimate of drug-likeness (QED) is 0.642. The molecule has 174 valence electrons. The second-order valence-electron chi connectivity index (χ2n) is 7.61. The maximum absolute atomic E-state index is 14.9. The van der Waals surface area contributed by atoms with Crippen LogP contribution >= 0.6 is 12.6 Å². The first-order valence-electron chi connectivity index (χ1n) is 10.2. The number of anilines is 2. The van der Waals surface area contributed by atoms with Crippen molar-refractivity contribution < 1.29 is 27.9 Å². The lowest BCUT2D eigenvalue weighted by atomic mass is 10.2. The zero-order valence-electron chi connectivity index (χ0n) is 17.4. The van der Waals surface area contributed by atoms with E-state index in [2.05, 4.69) is 22.9 Å². The van der Waals surface area contributed by atoms with E-state index in [1.54, 1.807) is 21.9 Å². The molecule has 3 heterocycles. The maximum Gasteiger partial charge on any atom is 0.414 e. The van der Waals surface area contributed by atoms with Gasteiger partial charge in [0.1, 0.15) is 17.7 Å². The van der Waals surface area contributed by atoms with E-state index in [-0.39, 0.29) is 24.6 Å². The molecule has 1 aromatic carbocycles. The highest BCUT2D eigenvalue weighted by molar-refractivity contribution is 7.96. The van der Waals surface area contributed by atoms with E-state index in [9.17, 15) is 23.2 Å². The van der Waals surface area contributed by atoms with Crippen LogP contribution in [0.4, 0.5) is 29.7 Å². The predicted octanol–water partition coefficient (Wildman–Crippen LogP) is 2.29. The van der Waals surface area contributed by atoms with Crippen LogP contribution in [0.3, 0.4) is 0 Å². The molecule has 1 N–H and O–H groups in total. The predicted molar refractivity (Wildman–Crippen MR) is 119 cm³/mol. The molecule has 1 unspecified atom stereocenters. The van der Waals surface area contributed by atoms with Gasteiger partial charge in [0, 0.05) is 32.4 Å². The Morgan fingerprint density at radius 1 is 1.15 bits per heavy atom. The van der Waals surface area contributed by atoms with Gasteiger partial charge in [-0.1, -0.05) is 12.6 Å². The molecule has 0 radical (unpaired) electrons. The minimum atomic E-state index is -0.625. The van der Waals surface area contributed by atoms with E-state index in [0.29, 0.717) is 37.6 Å². The number of ether oxygens (including phenoxy) is 1. The normalized spacial score (nSPS) is 18.3. The number of nitrogens with one attached hydrogen (secondary N) is 1. The number of piperazine rings is 1. The molecule has 2 aliphatic rings. The number of amides is 3. The van der Waals surface area contributed by atoms with E-state index in [1.165, 1.54) is 17.2 Å². The second kappa shape index (κ2) is 9.61. The molecule has 0 aliphatic carbocycles. The first-order valence-corrected chi connectivity index (χ1v) is 10.7. The smallest absolute Gasteiger partial charge is 0.414 e. The van der Waals surface area contributed by atoms with Crippen molar-refractivity contribution in [2.24, 2.45) is 0 Å². The highest BCUT2D eigenvalue weighted by atomic mass is 32.1. The van der Waals surface area contributed by atoms with Crippen molar-refractivity contribution in [1.29, 1.82) is 0 Å². The number of hydrogen-bond donors (Lipinski definition) is 2. The molecule has 33 heavy (non-hydrogen) atoms. The third kappa shape index (κ3) is 5.16. The molecule has 2 saturated heterocycles. The number of thiol groups is 1. The van der Waals surface area contributed by atoms with Crippen molar-refractivity contribution in [1.82, 2.24) is 15.2 Å². The summed E-state index contributed by atoms with van der Waals surface area (Å²) in [6.45, 7) is 1.74. The van der Waals surface area contributed by atoms with Gasteiger partial charge in [-0.15, -0.1) is 0 Å². The SMILES string of the molecule is O=C(S)NCC1CN(c2ccc(N3CCN(C(=O)c4cncc(F)c4)CC3)c(F)c2)C(=O)O1. The Balaban J connectivity index is 1.38. The van der Waals surface area contributed by atoms with Crippen LogP contribution in [0.25, 0.3) is 0 Å². The summed E-state index contributed by atoms with van der Waals surface area (Å²) >= 11 is 3.60. The number of carbonyl (C=O) groups is 3. The number of pyridine rings is 1. The maximum atomic E-state index is 14.9. The van der Waals surface area contributed by atoms with Crippen molar-refractivity contribution >= 4 is 41.2 Å². The fourth-order valence-electron chi connectivity index (χ4n) is 3.82. The van der Waals surface area contributed by atoms with Gasteiger partial charge in [0.15, 0.2) is 0 Å². The summed E-state index contributed by atoms with van der Waals surface area (Å²) in [7, 11) is 0. The highest BCUT2D eigenvalue weighted by Crippen LogP contribution is 2.28. The Bertz CT molecular complexity index is 1080. The van der Waals surface area contributed by atoms with Gasteiger partial charge in [-0.25, -0.2) is 13.6 Å². The van der Waals surface area contributed by atoms with Crippen LogP contribution in [0.5, 0.6) is 0 Å². The average Bonchev–Trinajstić information content (AvgIpc) is 3.18. The number of halogens is 2. The Hall–Kier alpha value is -3.41. The Kier molecular flexibility index (Phi) is 6.63. The number of rotatable bonds is 5. The zero-order valence-corrected chi connectivity index (χ0v) is 18.3. The summed E-state index contributed by atoms with van der Waals surface area (Å²) in [5.41, 5.74) is 0.863. The monoisotopic (exact) mass is 477 g/mol. The van der Waals surface area contributed by atoms with Gasteiger partial charge in [0.25, 0.3) is 11.1 Å². The summed E-state index contributed by atoms with van der Waals surface area (Å²) < 4.78 is 33.4. The molecule has 1 aromatic heterocycles. The Morgan fingerprint density at radius 2 is 1.91 bits per heavy atom. The molecule has 2 aliphatic heterocycles. The summed E-state index contributed by atoms with van der Waals surface area (Å²) in [4.78, 5) is 44.0. The first-order chi connectivity index (χ1) is 15.8. The molecule has 0 bridgehead atoms. The molecule has 12 heteroatoms. The van der Waals surface area contributed by atoms with Gasteiger partial charge in [-0.2, -0.15) is 0 Å². The van der Waals surface area contributed by atoms with Crippen LogP contribution < -0.4 is 15.1 Å². The number of hydrogen-bond acceptors (Lipinski definition) is 6. The van der Waals surface area contributed by atoms with Crippen LogP contribution in [0.1, 0.15) is 10.4 Å². The largest absolute Gasteiger partial charge is 0.442 e. The topological polar surface area (TPSA) is 95.1 Å². The molecule has 2 fully saturated rings. The molecule has 1 atom stereocenters. The number of aromatic nitrogens is 1. The van der Waals surface area contributed by atoms with Crippen molar-refractivity contribution in [3.63, 3.8) is 0 Å². The molecule has 3 amide bonds. The molecule has 2 aromatic rings. The lowest BCUT2D eigenvalue weighted by Gasteiger charge is -2.36. The first kappa shape index (κ1) is 22.8. The zero-order chi connectivity index (χ0) is 23.5. The third-order valence-corrected chi connectivity index (χ3v) is 5.62. The second-order valence-corrected chi connectivity index (χ2v) is 8.02. The molecular weight excluding hydrogens is 456 g/mol. The van der Waals surface area contributed by atoms with E-state index in [1.807, 2.05) is 0 Å². The highest BCUT2D eigenvalue weighted by Gasteiger charge is 2.33. The lowest BCUT2D eigenvalue weighted by molar-refractivity contribution is 0.0745. The van der Waals surface area contributed by atoms with Crippen LogP contribution in [0, 0.1) is 11.6 Å². The summed E-state index contributed by atoms with van der Waals surface area (Å²) in [5, 5.41) is 1.93. The van der Waals surface area contributed by atoms with Gasteiger partial charge in [-0.05, 0) is 24.3 Å². The summed E-state index contributed by atoms with van der Waals surface area (Å²) in [6.07, 6.45) is 1.16. The van der Waals surface area contributed by atoms with E-state index in [4.69, 9.17) is 4.74 Å². The number of cyclic esters (lactones) is 1. The van der Waals surface area contributed by atoms with Crippen LogP contribution in [-0.2, 0) is 4.74 Å². The molecular formula is C21H21F2N5O4S. The van der Waals surface area contributed by atoms with Gasteiger partial charge >= 0.3 is 6.09 Å². The van der Waals surface area contributed by atoms with Gasteiger partial charge in [0.05, 0.1) is 36.2 Å². The van der Waals surface area contributed by atoms with Crippen molar-refractivity contribution in [2.45, 2.75) is 6.10 Å². The van der Waals surface area contributed by atoms with E-state index in [0.717, 1.165) is 12.3 Å². The van der Waals surface area contributed by atoms with Crippen molar-refractivity contribution in [3.8, 4) is 0 Å². The van der Waals surface area contributed by atoms with E-state index >= 15 is 0 Å². The standard InChI is InChI=1S/C21H21F2N5O4S/c22-14-7-13(9-24-10-14)19(29)27-5-3-26(4-6-27)18-2-1-15(8-17(18)23)28-12-16(32-21(28)31)11-25-20(30)33/h1-2,7-10,16H,3-6,11-12H2,(H2,25,30,33). The minimum Gasteiger partial charge on any atom is -0.442 e. The number of nitrogens with zero attached hydrogens (tertiary/aromatic N) is 4. The summed E-state index contributed by atoms with van der Waals surface area (Å²) in [5.74, 6) is -1.42. The molecule has 9 nitrogen and oxygen atoms in total. The Morgan fingerprint density at radius 3 is 2.58 bits per heavy atom. The third-order valence-electron chi connectivity index (χ3n) is 5.46. The number of carbonyl (C=O) groups excluding carboxylic acids is 3. The fraction of sp³-hybridized carbons (Fsp3) is 0.333. The molecule has 4 rings (SSSR count). The van der Waals surface area contributed by atoms with Crippen LogP contribution in [0.2, 0.25) is 0 Å². The van der Waals surface area contributed by atoms with Crippen LogP contribution in [0.15, 0.2) is 36.7 Å². The van der Waals surface area contributed by atoms with E-state index < -0.39 is 29.1 Å². The molecule has 0 saturated carbocycles. The van der Waals surface area contributed by atoms with Crippen molar-refractivity contribution in [2.75, 3.05) is 49.1 Å². The van der Waals surface area contributed by atoms with Gasteiger partial charge in [-0.3, -0.25) is 19.5 Å².